The fraction of sp³-hybridized carbons (Fsp3) is 0.688. The van der Waals surface area contributed by atoms with Crippen LogP contribution in [0.4, 0.5) is 10.2 Å². The second kappa shape index (κ2) is 10.0. The van der Waals surface area contributed by atoms with E-state index in [-0.39, 0.29) is 17.0 Å². The first-order chi connectivity index (χ1) is 15.9. The first kappa shape index (κ1) is 25.8. The molecule has 0 amide bonds. The Labute approximate surface area is 197 Å². The van der Waals surface area contributed by atoms with Gasteiger partial charge < -0.3 is 39.1 Å². The smallest absolute Gasteiger partial charge is 0.340 e. The molecule has 190 valence electrons. The largest absolute Gasteiger partial charge is 0.387 e. The molecule has 2 aliphatic heterocycles. The molecule has 5 N–H and O–H groups in total. The molecule has 0 aromatic carbocycles. The summed E-state index contributed by atoms with van der Waals surface area (Å²) in [4.78, 5) is 39.8. The van der Waals surface area contributed by atoms with Crippen molar-refractivity contribution in [2.45, 2.75) is 43.5 Å². The van der Waals surface area contributed by atoms with Crippen molar-refractivity contribution in [3.05, 3.63) is 11.6 Å². The summed E-state index contributed by atoms with van der Waals surface area (Å²) >= 11 is 6.07. The second-order valence-electron chi connectivity index (χ2n) is 7.94. The van der Waals surface area contributed by atoms with Gasteiger partial charge in [-0.05, 0) is 24.4 Å². The molecule has 2 aromatic heterocycles. The average Bonchev–Trinajstić information content (AvgIpc) is 3.27. The molecule has 0 saturated carbocycles. The molecule has 2 fully saturated rings. The third-order valence-electron chi connectivity index (χ3n) is 5.33. The molecule has 5 atom stereocenters. The lowest BCUT2D eigenvalue weighted by molar-refractivity contribution is -0.0425. The van der Waals surface area contributed by atoms with Crippen molar-refractivity contribution in [3.8, 4) is 0 Å². The highest BCUT2D eigenvalue weighted by atomic mass is 35.5. The lowest BCUT2D eigenvalue weighted by Gasteiger charge is -2.23. The van der Waals surface area contributed by atoms with Gasteiger partial charge in [0.05, 0.1) is 12.9 Å². The number of nitrogens with one attached hydrogen (secondary N) is 1. The Morgan fingerprint density at radius 1 is 1.26 bits per heavy atom. The zero-order valence-corrected chi connectivity index (χ0v) is 20.0. The van der Waals surface area contributed by atoms with Crippen LogP contribution < -0.4 is 5.32 Å². The fourth-order valence-corrected chi connectivity index (χ4v) is 6.47. The summed E-state index contributed by atoms with van der Waals surface area (Å²) in [6, 6.07) is 0.0652. The molecule has 34 heavy (non-hydrogen) atoms. The number of imidazole rings is 1. The van der Waals surface area contributed by atoms with Gasteiger partial charge in [-0.2, -0.15) is 9.97 Å². The average molecular weight is 546 g/mol. The Morgan fingerprint density at radius 3 is 2.65 bits per heavy atom. The van der Waals surface area contributed by atoms with E-state index in [4.69, 9.17) is 30.9 Å². The van der Waals surface area contributed by atoms with Crippen molar-refractivity contribution in [3.63, 3.8) is 0 Å². The number of rotatable bonds is 8. The van der Waals surface area contributed by atoms with E-state index in [1.165, 1.54) is 10.9 Å². The number of fused-ring (bicyclic) bond motifs is 1. The van der Waals surface area contributed by atoms with E-state index < -0.39 is 52.3 Å². The summed E-state index contributed by atoms with van der Waals surface area (Å²) < 4.78 is 54.5. The van der Waals surface area contributed by atoms with Crippen LogP contribution >= 0.6 is 26.8 Å². The molecule has 0 spiro atoms. The van der Waals surface area contributed by atoms with E-state index in [0.29, 0.717) is 24.5 Å². The molecule has 2 saturated heterocycles. The van der Waals surface area contributed by atoms with Crippen LogP contribution in [0.1, 0.15) is 19.1 Å². The van der Waals surface area contributed by atoms with Crippen molar-refractivity contribution >= 4 is 43.8 Å². The maximum absolute atomic E-state index is 14.9. The predicted octanol–water partition coefficient (Wildman–Crippen LogP) is 1.00. The standard InChI is InChI=1S/C16H23ClFN5O9P2/c17-16-21-13(20-8-1-3-30-4-2-8)11-14(22-16)23(6-19-11)15-10(18)12(24)9(32-15)5-31-34(28,29)7-33(25,26)27/h6,8-10,12,15,24H,1-5,7H2,(H,28,29)(H,20,21,22)(H2,25,26,27)/t9-,10+,12-,15-/m1/s1. The number of aromatic nitrogens is 4. The molecule has 2 aromatic rings. The van der Waals surface area contributed by atoms with Crippen LogP contribution in [0.25, 0.3) is 11.2 Å². The van der Waals surface area contributed by atoms with Crippen molar-refractivity contribution in [1.29, 1.82) is 0 Å². The number of alkyl halides is 1. The Bertz CT molecular complexity index is 1130. The van der Waals surface area contributed by atoms with Gasteiger partial charge in [-0.1, -0.05) is 0 Å². The molecule has 4 heterocycles. The maximum Gasteiger partial charge on any atom is 0.340 e. The first-order valence-corrected chi connectivity index (χ1v) is 14.1. The second-order valence-corrected chi connectivity index (χ2v) is 12.3. The van der Waals surface area contributed by atoms with Crippen molar-refractivity contribution in [1.82, 2.24) is 19.5 Å². The van der Waals surface area contributed by atoms with Crippen LogP contribution in [-0.2, 0) is 23.1 Å². The normalized spacial score (nSPS) is 28.3. The highest BCUT2D eigenvalue weighted by Gasteiger charge is 2.47. The van der Waals surface area contributed by atoms with Gasteiger partial charge in [-0.15, -0.1) is 0 Å². The third kappa shape index (κ3) is 5.93. The minimum atomic E-state index is -4.85. The summed E-state index contributed by atoms with van der Waals surface area (Å²) in [5.41, 5.74) is 0.424. The number of aliphatic hydroxyl groups is 1. The monoisotopic (exact) mass is 545 g/mol. The fourth-order valence-electron chi connectivity index (χ4n) is 3.74. The zero-order chi connectivity index (χ0) is 24.7. The van der Waals surface area contributed by atoms with Gasteiger partial charge in [-0.25, -0.2) is 9.37 Å². The van der Waals surface area contributed by atoms with E-state index in [1.807, 2.05) is 0 Å². The Morgan fingerprint density at radius 2 is 1.97 bits per heavy atom. The van der Waals surface area contributed by atoms with Crippen molar-refractivity contribution in [2.24, 2.45) is 0 Å². The van der Waals surface area contributed by atoms with Crippen molar-refractivity contribution < 1.29 is 47.3 Å². The van der Waals surface area contributed by atoms with Gasteiger partial charge >= 0.3 is 15.2 Å². The Hall–Kier alpha value is -1.25. The third-order valence-corrected chi connectivity index (χ3v) is 8.95. The van der Waals surface area contributed by atoms with Gasteiger partial charge in [0.25, 0.3) is 0 Å². The topological polar surface area (TPSA) is 198 Å². The van der Waals surface area contributed by atoms with Gasteiger partial charge in [0.15, 0.2) is 35.3 Å². The lowest BCUT2D eigenvalue weighted by atomic mass is 10.1. The van der Waals surface area contributed by atoms with Crippen LogP contribution in [-0.4, -0.2) is 89.5 Å². The SMILES string of the molecule is O=P(O)(O)CP(=O)(O)OC[C@H]1O[C@@H](n2cnc3c(NC4CCOCC4)nc(Cl)nc32)[C@@H](F)[C@@H]1O. The number of halogens is 2. The summed E-state index contributed by atoms with van der Waals surface area (Å²) in [5, 5.41) is 13.3. The van der Waals surface area contributed by atoms with E-state index in [9.17, 15) is 23.5 Å². The van der Waals surface area contributed by atoms with Crippen LogP contribution in [0.15, 0.2) is 6.33 Å². The number of hydrogen-bond acceptors (Lipinski definition) is 10. The van der Waals surface area contributed by atoms with E-state index in [1.54, 1.807) is 0 Å². The molecular formula is C16H23ClFN5O9P2. The Balaban J connectivity index is 1.52. The van der Waals surface area contributed by atoms with Crippen LogP contribution in [0.3, 0.4) is 0 Å². The van der Waals surface area contributed by atoms with E-state index >= 15 is 0 Å². The number of ether oxygens (including phenoxy) is 2. The summed E-state index contributed by atoms with van der Waals surface area (Å²) in [5.74, 6) is -1.08. The quantitative estimate of drug-likeness (QED) is 0.233. The summed E-state index contributed by atoms with van der Waals surface area (Å²) in [6.45, 7) is 0.387. The van der Waals surface area contributed by atoms with Crippen molar-refractivity contribution in [2.75, 3.05) is 31.0 Å². The van der Waals surface area contributed by atoms with Crippen LogP contribution in [0, 0.1) is 0 Å². The minimum Gasteiger partial charge on any atom is -0.387 e. The molecular weight excluding hydrogens is 523 g/mol. The van der Waals surface area contributed by atoms with Gasteiger partial charge in [0, 0.05) is 19.3 Å². The molecule has 0 radical (unpaired) electrons. The lowest BCUT2D eigenvalue weighted by Crippen LogP contribution is -2.31. The van der Waals surface area contributed by atoms with Gasteiger partial charge in [-0.3, -0.25) is 13.7 Å². The highest BCUT2D eigenvalue weighted by molar-refractivity contribution is 7.70. The number of hydrogen-bond donors (Lipinski definition) is 5. The number of anilines is 1. The maximum atomic E-state index is 14.9. The van der Waals surface area contributed by atoms with Crippen LogP contribution in [0.5, 0.6) is 0 Å². The number of aliphatic hydroxyl groups excluding tert-OH is 1. The molecule has 0 aliphatic carbocycles. The van der Waals surface area contributed by atoms with Gasteiger partial charge in [0.1, 0.15) is 12.2 Å². The molecule has 14 nitrogen and oxygen atoms in total. The van der Waals surface area contributed by atoms with E-state index in [0.717, 1.165) is 12.8 Å². The highest BCUT2D eigenvalue weighted by Crippen LogP contribution is 2.55. The van der Waals surface area contributed by atoms with Crippen LogP contribution in [0.2, 0.25) is 5.28 Å². The summed E-state index contributed by atoms with van der Waals surface area (Å²) in [6.07, 6.45) is -3.90. The molecule has 18 heteroatoms. The molecule has 2 aliphatic rings. The van der Waals surface area contributed by atoms with Gasteiger partial charge in [0.2, 0.25) is 5.28 Å². The molecule has 4 rings (SSSR count). The minimum absolute atomic E-state index is 0.0652. The molecule has 0 bridgehead atoms. The van der Waals surface area contributed by atoms with E-state index in [2.05, 4.69) is 24.8 Å². The summed E-state index contributed by atoms with van der Waals surface area (Å²) in [7, 11) is -9.56. The predicted molar refractivity (Wildman–Crippen MR) is 115 cm³/mol. The Kier molecular flexibility index (Phi) is 7.61. The number of nitrogens with zero attached hydrogens (tertiary/aromatic N) is 4. The first-order valence-electron chi connectivity index (χ1n) is 10.2. The molecule has 1 unspecified atom stereocenters. The zero-order valence-electron chi connectivity index (χ0n) is 17.5.